The molecule has 0 radical (unpaired) electrons. The third-order valence-corrected chi connectivity index (χ3v) is 2.85. The molecule has 1 N–H and O–H groups in total. The average molecular weight is 277 g/mol. The number of nitrogens with one attached hydrogen (secondary N) is 1. The van der Waals surface area contributed by atoms with Crippen LogP contribution in [-0.4, -0.2) is 22.8 Å². The standard InChI is InChI=1S/C9H7ClN2.C5H6O2/c10-9-3-1-7(2-4-9)8-5-11-12-6-8;1-4-2-3-7-5(4)6/h1-6H,(H,11,12);1-3H2. The van der Waals surface area contributed by atoms with E-state index >= 15 is 0 Å². The topological polar surface area (TPSA) is 55.0 Å². The average Bonchev–Trinajstić information content (AvgIpc) is 3.05. The van der Waals surface area contributed by atoms with Crippen molar-refractivity contribution in [2.75, 3.05) is 6.61 Å². The molecule has 0 spiro atoms. The van der Waals surface area contributed by atoms with Crippen LogP contribution in [0.1, 0.15) is 6.42 Å². The molecule has 5 heteroatoms. The van der Waals surface area contributed by atoms with Gasteiger partial charge in [-0.3, -0.25) is 5.10 Å². The Morgan fingerprint density at radius 3 is 2.42 bits per heavy atom. The van der Waals surface area contributed by atoms with Crippen molar-refractivity contribution in [3.63, 3.8) is 0 Å². The van der Waals surface area contributed by atoms with Crippen molar-refractivity contribution in [2.24, 2.45) is 0 Å². The first-order valence-corrected chi connectivity index (χ1v) is 6.14. The summed E-state index contributed by atoms with van der Waals surface area (Å²) in [4.78, 5) is 10.3. The number of cyclic esters (lactones) is 1. The Hall–Kier alpha value is -2.07. The summed E-state index contributed by atoms with van der Waals surface area (Å²) < 4.78 is 4.53. The van der Waals surface area contributed by atoms with E-state index in [0.717, 1.165) is 16.1 Å². The molecule has 1 aromatic heterocycles. The second-order valence-corrected chi connectivity index (χ2v) is 4.42. The molecule has 0 unspecified atom stereocenters. The van der Waals surface area contributed by atoms with E-state index in [2.05, 4.69) is 21.5 Å². The zero-order valence-corrected chi connectivity index (χ0v) is 11.0. The molecule has 1 aliphatic rings. The highest BCUT2D eigenvalue weighted by Gasteiger charge is 2.14. The SMILES string of the molecule is C=C1CCOC1=O.Clc1ccc(-c2cn[nH]c2)cc1. The lowest BCUT2D eigenvalue weighted by Crippen LogP contribution is -1.91. The van der Waals surface area contributed by atoms with Crippen molar-refractivity contribution < 1.29 is 9.53 Å². The minimum absolute atomic E-state index is 0.236. The molecule has 0 bridgehead atoms. The molecule has 3 rings (SSSR count). The molecular formula is C14H13ClN2O2. The van der Waals surface area contributed by atoms with E-state index in [1.165, 1.54) is 0 Å². The van der Waals surface area contributed by atoms with Gasteiger partial charge in [-0.1, -0.05) is 30.3 Å². The van der Waals surface area contributed by atoms with Crippen molar-refractivity contribution in [1.82, 2.24) is 10.2 Å². The summed E-state index contributed by atoms with van der Waals surface area (Å²) in [5.74, 6) is -0.236. The van der Waals surface area contributed by atoms with Crippen LogP contribution in [0.4, 0.5) is 0 Å². The van der Waals surface area contributed by atoms with Gasteiger partial charge in [0.05, 0.1) is 12.8 Å². The number of aromatic amines is 1. The minimum Gasteiger partial charge on any atom is -0.462 e. The molecule has 0 saturated carbocycles. The van der Waals surface area contributed by atoms with E-state index in [9.17, 15) is 4.79 Å². The number of carbonyl (C=O) groups excluding carboxylic acids is 1. The van der Waals surface area contributed by atoms with Crippen LogP contribution >= 0.6 is 11.6 Å². The van der Waals surface area contributed by atoms with Crippen LogP contribution in [0.2, 0.25) is 5.02 Å². The number of carbonyl (C=O) groups is 1. The highest BCUT2D eigenvalue weighted by molar-refractivity contribution is 6.30. The van der Waals surface area contributed by atoms with Crippen LogP contribution in [0.5, 0.6) is 0 Å². The summed E-state index contributed by atoms with van der Waals surface area (Å²) in [6.07, 6.45) is 4.34. The van der Waals surface area contributed by atoms with E-state index in [1.54, 1.807) is 6.20 Å². The molecule has 0 aliphatic carbocycles. The van der Waals surface area contributed by atoms with Crippen LogP contribution in [0, 0.1) is 0 Å². The number of hydrogen-bond acceptors (Lipinski definition) is 3. The fourth-order valence-corrected chi connectivity index (χ4v) is 1.65. The van der Waals surface area contributed by atoms with Gasteiger partial charge in [0.25, 0.3) is 0 Å². The van der Waals surface area contributed by atoms with Gasteiger partial charge >= 0.3 is 5.97 Å². The third-order valence-electron chi connectivity index (χ3n) is 2.60. The van der Waals surface area contributed by atoms with Gasteiger partial charge in [-0.25, -0.2) is 4.79 Å². The van der Waals surface area contributed by atoms with Gasteiger partial charge in [0, 0.05) is 28.8 Å². The number of H-pyrrole nitrogens is 1. The fraction of sp³-hybridized carbons (Fsp3) is 0.143. The largest absolute Gasteiger partial charge is 0.462 e. The maximum Gasteiger partial charge on any atom is 0.333 e. The molecule has 0 amide bonds. The predicted octanol–water partition coefficient (Wildman–Crippen LogP) is 3.22. The second kappa shape index (κ2) is 6.20. The Balaban J connectivity index is 0.000000163. The minimum atomic E-state index is -0.236. The molecule has 2 heterocycles. The van der Waals surface area contributed by atoms with Crippen LogP contribution in [0.3, 0.4) is 0 Å². The summed E-state index contributed by atoms with van der Waals surface area (Å²) in [7, 11) is 0. The first-order valence-electron chi connectivity index (χ1n) is 5.76. The number of esters is 1. The molecular weight excluding hydrogens is 264 g/mol. The van der Waals surface area contributed by atoms with Crippen LogP contribution < -0.4 is 0 Å². The lowest BCUT2D eigenvalue weighted by atomic mass is 10.1. The lowest BCUT2D eigenvalue weighted by molar-refractivity contribution is -0.135. The van der Waals surface area contributed by atoms with E-state index in [4.69, 9.17) is 11.6 Å². The van der Waals surface area contributed by atoms with Crippen LogP contribution in [-0.2, 0) is 9.53 Å². The van der Waals surface area contributed by atoms with E-state index in [-0.39, 0.29) is 5.97 Å². The van der Waals surface area contributed by atoms with Gasteiger partial charge in [0.2, 0.25) is 0 Å². The van der Waals surface area contributed by atoms with E-state index < -0.39 is 0 Å². The highest BCUT2D eigenvalue weighted by Crippen LogP contribution is 2.19. The molecule has 1 saturated heterocycles. The smallest absolute Gasteiger partial charge is 0.333 e. The molecule has 0 atom stereocenters. The molecule has 98 valence electrons. The normalized spacial score (nSPS) is 13.7. The first-order chi connectivity index (χ1) is 9.16. The Labute approximate surface area is 116 Å². The Bertz CT molecular complexity index is 548. The quantitative estimate of drug-likeness (QED) is 0.643. The van der Waals surface area contributed by atoms with Crippen molar-refractivity contribution in [3.8, 4) is 11.1 Å². The number of aromatic nitrogens is 2. The Morgan fingerprint density at radius 1 is 1.26 bits per heavy atom. The highest BCUT2D eigenvalue weighted by atomic mass is 35.5. The first kappa shape index (κ1) is 13.4. The van der Waals surface area contributed by atoms with Crippen LogP contribution in [0.15, 0.2) is 48.8 Å². The summed E-state index contributed by atoms with van der Waals surface area (Å²) in [5, 5.41) is 7.37. The van der Waals surface area contributed by atoms with Gasteiger partial charge < -0.3 is 4.74 Å². The molecule has 19 heavy (non-hydrogen) atoms. The summed E-state index contributed by atoms with van der Waals surface area (Å²) in [6, 6.07) is 7.66. The Kier molecular flexibility index (Phi) is 4.36. The van der Waals surface area contributed by atoms with E-state index in [1.807, 2.05) is 30.5 Å². The second-order valence-electron chi connectivity index (χ2n) is 3.98. The molecule has 1 aliphatic heterocycles. The number of nitrogens with zero attached hydrogens (tertiary/aromatic N) is 1. The maximum absolute atomic E-state index is 10.3. The third kappa shape index (κ3) is 3.69. The van der Waals surface area contributed by atoms with Gasteiger partial charge in [-0.15, -0.1) is 0 Å². The lowest BCUT2D eigenvalue weighted by Gasteiger charge is -1.95. The molecule has 2 aromatic rings. The van der Waals surface area contributed by atoms with Crippen LogP contribution in [0.25, 0.3) is 11.1 Å². The molecule has 1 aromatic carbocycles. The number of benzene rings is 1. The number of rotatable bonds is 1. The summed E-state index contributed by atoms with van der Waals surface area (Å²) >= 11 is 5.75. The molecule has 1 fully saturated rings. The molecule has 4 nitrogen and oxygen atoms in total. The van der Waals surface area contributed by atoms with Crippen molar-refractivity contribution in [1.29, 1.82) is 0 Å². The van der Waals surface area contributed by atoms with Gasteiger partial charge in [0.15, 0.2) is 0 Å². The summed E-state index contributed by atoms with van der Waals surface area (Å²) in [5.41, 5.74) is 2.79. The summed E-state index contributed by atoms with van der Waals surface area (Å²) in [6.45, 7) is 3.99. The number of ether oxygens (including phenoxy) is 1. The predicted molar refractivity (Wildman–Crippen MR) is 73.7 cm³/mol. The van der Waals surface area contributed by atoms with Gasteiger partial charge in [-0.05, 0) is 17.7 Å². The van der Waals surface area contributed by atoms with Crippen molar-refractivity contribution in [2.45, 2.75) is 6.42 Å². The maximum atomic E-state index is 10.3. The number of hydrogen-bond donors (Lipinski definition) is 1. The Morgan fingerprint density at radius 2 is 2.00 bits per heavy atom. The fourth-order valence-electron chi connectivity index (χ4n) is 1.52. The van der Waals surface area contributed by atoms with Gasteiger partial charge in [-0.2, -0.15) is 5.10 Å². The number of halogens is 1. The van der Waals surface area contributed by atoms with Crippen molar-refractivity contribution in [3.05, 3.63) is 53.8 Å². The monoisotopic (exact) mass is 276 g/mol. The zero-order valence-electron chi connectivity index (χ0n) is 10.2. The zero-order chi connectivity index (χ0) is 13.7. The van der Waals surface area contributed by atoms with E-state index in [0.29, 0.717) is 18.6 Å². The van der Waals surface area contributed by atoms with Gasteiger partial charge in [0.1, 0.15) is 0 Å². The van der Waals surface area contributed by atoms with Crippen molar-refractivity contribution >= 4 is 17.6 Å².